The van der Waals surface area contributed by atoms with Gasteiger partial charge in [0.2, 0.25) is 0 Å². The number of carboxylic acid groups (broad SMARTS) is 1. The average molecular weight is 223 g/mol. The van der Waals surface area contributed by atoms with E-state index in [4.69, 9.17) is 5.11 Å². The van der Waals surface area contributed by atoms with Crippen LogP contribution in [0.15, 0.2) is 36.4 Å². The Balaban J connectivity index is 2.43. The molecule has 1 aromatic carbocycles. The van der Waals surface area contributed by atoms with Gasteiger partial charge in [0.15, 0.2) is 0 Å². The van der Waals surface area contributed by atoms with Gasteiger partial charge in [0.25, 0.3) is 0 Å². The molecule has 2 N–H and O–H groups in total. The molecule has 0 spiro atoms. The highest BCUT2D eigenvalue weighted by Crippen LogP contribution is 2.12. The summed E-state index contributed by atoms with van der Waals surface area (Å²) in [7, 11) is 0. The molecule has 0 bridgehead atoms. The Bertz CT molecular complexity index is 373. The molecule has 0 saturated carbocycles. The normalized spacial score (nSPS) is 12.9. The molecule has 0 fully saturated rings. The van der Waals surface area contributed by atoms with Crippen LogP contribution in [0.25, 0.3) is 0 Å². The lowest BCUT2D eigenvalue weighted by atomic mass is 10.1. The van der Waals surface area contributed by atoms with Crippen molar-refractivity contribution in [3.8, 4) is 0 Å². The van der Waals surface area contributed by atoms with Crippen LogP contribution in [0.5, 0.6) is 0 Å². The summed E-state index contributed by atoms with van der Waals surface area (Å²) >= 11 is 0. The Morgan fingerprint density at radius 2 is 2.12 bits per heavy atom. The summed E-state index contributed by atoms with van der Waals surface area (Å²) in [6, 6.07) is 6.27. The number of benzene rings is 1. The van der Waals surface area contributed by atoms with E-state index in [-0.39, 0.29) is 11.9 Å². The molecule has 1 rings (SSSR count). The third-order valence-corrected chi connectivity index (χ3v) is 2.17. The highest BCUT2D eigenvalue weighted by Gasteiger charge is 2.02. The third-order valence-electron chi connectivity index (χ3n) is 2.17. The molecule has 3 nitrogen and oxygen atoms in total. The first-order valence-corrected chi connectivity index (χ1v) is 4.98. The fourth-order valence-electron chi connectivity index (χ4n) is 1.27. The Morgan fingerprint density at radius 3 is 2.69 bits per heavy atom. The van der Waals surface area contributed by atoms with Crippen molar-refractivity contribution in [1.29, 1.82) is 0 Å². The summed E-state index contributed by atoms with van der Waals surface area (Å²) in [5.41, 5.74) is 0.963. The maximum Gasteiger partial charge on any atom is 0.328 e. The van der Waals surface area contributed by atoms with Crippen molar-refractivity contribution in [1.82, 2.24) is 5.32 Å². The summed E-state index contributed by atoms with van der Waals surface area (Å²) < 4.78 is 12.6. The second-order valence-electron chi connectivity index (χ2n) is 3.42. The van der Waals surface area contributed by atoms with Crippen molar-refractivity contribution < 1.29 is 14.3 Å². The molecule has 0 aliphatic heterocycles. The first kappa shape index (κ1) is 12.4. The lowest BCUT2D eigenvalue weighted by Gasteiger charge is -2.12. The average Bonchev–Trinajstić information content (AvgIpc) is 2.25. The fraction of sp³-hybridized carbons (Fsp3) is 0.250. The van der Waals surface area contributed by atoms with Gasteiger partial charge < -0.3 is 10.4 Å². The van der Waals surface area contributed by atoms with Crippen molar-refractivity contribution in [3.63, 3.8) is 0 Å². The van der Waals surface area contributed by atoms with Crippen LogP contribution in [0, 0.1) is 5.82 Å². The third kappa shape index (κ3) is 4.23. The molecule has 0 radical (unpaired) electrons. The van der Waals surface area contributed by atoms with Crippen LogP contribution in [-0.2, 0) is 4.79 Å². The number of aliphatic carboxylic acids is 1. The SMILES string of the molecule is C[C@@H](NC/C=C/C(=O)O)c1ccc(F)cc1. The van der Waals surface area contributed by atoms with Crippen molar-refractivity contribution in [2.45, 2.75) is 13.0 Å². The number of hydrogen-bond acceptors (Lipinski definition) is 2. The van der Waals surface area contributed by atoms with Crippen molar-refractivity contribution in [2.24, 2.45) is 0 Å². The van der Waals surface area contributed by atoms with Crippen LogP contribution in [0.1, 0.15) is 18.5 Å². The predicted octanol–water partition coefficient (Wildman–Crippen LogP) is 2.12. The monoisotopic (exact) mass is 223 g/mol. The smallest absolute Gasteiger partial charge is 0.328 e. The second kappa shape index (κ2) is 6.02. The molecule has 0 aliphatic carbocycles. The molecular formula is C12H14FNO2. The van der Waals surface area contributed by atoms with Crippen LogP contribution >= 0.6 is 0 Å². The van der Waals surface area contributed by atoms with Crippen LogP contribution in [0.3, 0.4) is 0 Å². The molecule has 86 valence electrons. The molecule has 0 unspecified atom stereocenters. The second-order valence-corrected chi connectivity index (χ2v) is 3.42. The highest BCUT2D eigenvalue weighted by molar-refractivity contribution is 5.79. The van der Waals surface area contributed by atoms with Crippen LogP contribution in [0.2, 0.25) is 0 Å². The van der Waals surface area contributed by atoms with Gasteiger partial charge in [-0.15, -0.1) is 0 Å². The van der Waals surface area contributed by atoms with E-state index in [0.29, 0.717) is 6.54 Å². The minimum absolute atomic E-state index is 0.0547. The summed E-state index contributed by atoms with van der Waals surface area (Å²) in [5.74, 6) is -1.22. The number of carboxylic acids is 1. The minimum Gasteiger partial charge on any atom is -0.478 e. The van der Waals surface area contributed by atoms with Gasteiger partial charge in [-0.1, -0.05) is 18.2 Å². The molecule has 1 atom stereocenters. The van der Waals surface area contributed by atoms with Crippen LogP contribution < -0.4 is 5.32 Å². The Labute approximate surface area is 93.6 Å². The zero-order chi connectivity index (χ0) is 12.0. The van der Waals surface area contributed by atoms with Crippen LogP contribution in [0.4, 0.5) is 4.39 Å². The summed E-state index contributed by atoms with van der Waals surface area (Å²) in [6.07, 6.45) is 2.62. The van der Waals surface area contributed by atoms with E-state index in [2.05, 4.69) is 5.32 Å². The van der Waals surface area contributed by atoms with Gasteiger partial charge in [0, 0.05) is 18.7 Å². The molecule has 0 amide bonds. The lowest BCUT2D eigenvalue weighted by Crippen LogP contribution is -2.18. The quantitative estimate of drug-likeness (QED) is 0.752. The number of rotatable bonds is 5. The molecule has 0 aliphatic rings. The molecule has 0 aromatic heterocycles. The zero-order valence-corrected chi connectivity index (χ0v) is 8.98. The van der Waals surface area contributed by atoms with E-state index in [0.717, 1.165) is 11.6 Å². The topological polar surface area (TPSA) is 49.3 Å². The molecular weight excluding hydrogens is 209 g/mol. The van der Waals surface area contributed by atoms with E-state index in [1.807, 2.05) is 6.92 Å². The molecule has 1 aromatic rings. The molecule has 0 heterocycles. The van der Waals surface area contributed by atoms with Gasteiger partial charge >= 0.3 is 5.97 Å². The van der Waals surface area contributed by atoms with E-state index in [1.165, 1.54) is 18.2 Å². The predicted molar refractivity (Wildman–Crippen MR) is 59.6 cm³/mol. The maximum atomic E-state index is 12.6. The van der Waals surface area contributed by atoms with Crippen molar-refractivity contribution in [3.05, 3.63) is 47.8 Å². The minimum atomic E-state index is -0.962. The van der Waals surface area contributed by atoms with E-state index in [1.54, 1.807) is 12.1 Å². The van der Waals surface area contributed by atoms with Gasteiger partial charge in [-0.3, -0.25) is 0 Å². The van der Waals surface area contributed by atoms with Crippen molar-refractivity contribution in [2.75, 3.05) is 6.54 Å². The standard InChI is InChI=1S/C12H14FNO2/c1-9(14-8-2-3-12(15)16)10-4-6-11(13)7-5-10/h2-7,9,14H,8H2,1H3,(H,15,16)/b3-2+/t9-/m1/s1. The first-order chi connectivity index (χ1) is 7.59. The van der Waals surface area contributed by atoms with Gasteiger partial charge in [0.05, 0.1) is 0 Å². The Morgan fingerprint density at radius 1 is 1.50 bits per heavy atom. The van der Waals surface area contributed by atoms with Gasteiger partial charge in [-0.2, -0.15) is 0 Å². The van der Waals surface area contributed by atoms with Gasteiger partial charge in [0.1, 0.15) is 5.82 Å². The Hall–Kier alpha value is -1.68. The first-order valence-electron chi connectivity index (χ1n) is 4.98. The highest BCUT2D eigenvalue weighted by atomic mass is 19.1. The van der Waals surface area contributed by atoms with Gasteiger partial charge in [-0.05, 0) is 24.6 Å². The van der Waals surface area contributed by atoms with Crippen LogP contribution in [-0.4, -0.2) is 17.6 Å². The lowest BCUT2D eigenvalue weighted by molar-refractivity contribution is -0.131. The fourth-order valence-corrected chi connectivity index (χ4v) is 1.27. The Kier molecular flexibility index (Phi) is 4.66. The number of nitrogens with one attached hydrogen (secondary N) is 1. The molecule has 0 saturated heterocycles. The number of carbonyl (C=O) groups is 1. The summed E-state index contributed by atoms with van der Waals surface area (Å²) in [6.45, 7) is 2.40. The van der Waals surface area contributed by atoms with E-state index >= 15 is 0 Å². The molecule has 4 heteroatoms. The number of hydrogen-bond donors (Lipinski definition) is 2. The van der Waals surface area contributed by atoms with Crippen molar-refractivity contribution >= 4 is 5.97 Å². The summed E-state index contributed by atoms with van der Waals surface area (Å²) in [4.78, 5) is 10.2. The molecule has 16 heavy (non-hydrogen) atoms. The van der Waals surface area contributed by atoms with Gasteiger partial charge in [-0.25, -0.2) is 9.18 Å². The maximum absolute atomic E-state index is 12.6. The van der Waals surface area contributed by atoms with E-state index in [9.17, 15) is 9.18 Å². The number of halogens is 1. The zero-order valence-electron chi connectivity index (χ0n) is 8.98. The summed E-state index contributed by atoms with van der Waals surface area (Å²) in [5, 5.41) is 11.5. The largest absolute Gasteiger partial charge is 0.478 e. The van der Waals surface area contributed by atoms with E-state index < -0.39 is 5.97 Å².